The summed E-state index contributed by atoms with van der Waals surface area (Å²) in [5, 5.41) is 13.0. The quantitative estimate of drug-likeness (QED) is 0.596. The number of hydrogen-bond acceptors (Lipinski definition) is 3. The van der Waals surface area contributed by atoms with Crippen LogP contribution in [0, 0.1) is 11.3 Å². The van der Waals surface area contributed by atoms with Crippen molar-refractivity contribution in [3.05, 3.63) is 78.0 Å². The Morgan fingerprint density at radius 3 is 2.62 bits per heavy atom. The summed E-state index contributed by atoms with van der Waals surface area (Å²) in [6, 6.07) is 20.5. The predicted molar refractivity (Wildman–Crippen MR) is 117 cm³/mol. The molecule has 1 amide bonds. The molecule has 0 saturated heterocycles. The Labute approximate surface area is 171 Å². The van der Waals surface area contributed by atoms with Gasteiger partial charge >= 0.3 is 0 Å². The standard InChI is InChI=1S/C24H26N4O/c1-27(2)23(19-9-4-3-5-10-19)17-26-24(29)14-13-20-18-28(16-8-15-25)22-12-7-6-11-21(20)22/h3-7,9-14,18,23H,8,16-17H2,1-2H3,(H,26,29)/b14-13+. The largest absolute Gasteiger partial charge is 0.351 e. The fourth-order valence-corrected chi connectivity index (χ4v) is 3.46. The minimum atomic E-state index is -0.123. The number of amides is 1. The molecular weight excluding hydrogens is 360 g/mol. The fraction of sp³-hybridized carbons (Fsp3) is 0.250. The number of hydrogen-bond donors (Lipinski definition) is 1. The highest BCUT2D eigenvalue weighted by Crippen LogP contribution is 2.23. The Morgan fingerprint density at radius 2 is 1.90 bits per heavy atom. The van der Waals surface area contributed by atoms with E-state index in [2.05, 4.69) is 33.0 Å². The van der Waals surface area contributed by atoms with Crippen LogP contribution in [-0.4, -0.2) is 36.0 Å². The highest BCUT2D eigenvalue weighted by molar-refractivity contribution is 5.96. The Hall–Kier alpha value is -3.36. The van der Waals surface area contributed by atoms with E-state index in [0.29, 0.717) is 19.5 Å². The Morgan fingerprint density at radius 1 is 1.17 bits per heavy atom. The maximum atomic E-state index is 12.4. The molecule has 3 rings (SSSR count). The number of fused-ring (bicyclic) bond motifs is 1. The van der Waals surface area contributed by atoms with E-state index in [4.69, 9.17) is 5.26 Å². The average molecular weight is 386 g/mol. The smallest absolute Gasteiger partial charge is 0.244 e. The summed E-state index contributed by atoms with van der Waals surface area (Å²) in [4.78, 5) is 14.5. The second-order valence-corrected chi connectivity index (χ2v) is 7.17. The summed E-state index contributed by atoms with van der Waals surface area (Å²) in [5.41, 5.74) is 3.21. The maximum absolute atomic E-state index is 12.4. The van der Waals surface area contributed by atoms with Gasteiger partial charge in [0, 0.05) is 41.8 Å². The lowest BCUT2D eigenvalue weighted by Gasteiger charge is -2.24. The van der Waals surface area contributed by atoms with Crippen molar-refractivity contribution in [3.8, 4) is 6.07 Å². The average Bonchev–Trinajstić information content (AvgIpc) is 3.09. The lowest BCUT2D eigenvalue weighted by molar-refractivity contribution is -0.116. The third-order valence-corrected chi connectivity index (χ3v) is 4.98. The Kier molecular flexibility index (Phi) is 6.83. The number of aryl methyl sites for hydroxylation is 1. The molecule has 0 spiro atoms. The van der Waals surface area contributed by atoms with Crippen LogP contribution in [0.15, 0.2) is 66.9 Å². The summed E-state index contributed by atoms with van der Waals surface area (Å²) < 4.78 is 2.06. The van der Waals surface area contributed by atoms with Crippen molar-refractivity contribution in [1.82, 2.24) is 14.8 Å². The van der Waals surface area contributed by atoms with Gasteiger partial charge in [-0.05, 0) is 31.8 Å². The molecule has 1 atom stereocenters. The van der Waals surface area contributed by atoms with Crippen LogP contribution in [0.25, 0.3) is 17.0 Å². The molecule has 0 aliphatic rings. The van der Waals surface area contributed by atoms with E-state index in [1.54, 1.807) is 6.08 Å². The van der Waals surface area contributed by atoms with Gasteiger partial charge in [-0.3, -0.25) is 4.79 Å². The highest BCUT2D eigenvalue weighted by Gasteiger charge is 2.14. The number of carbonyl (C=O) groups excluding carboxylic acids is 1. The summed E-state index contributed by atoms with van der Waals surface area (Å²) >= 11 is 0. The second kappa shape index (κ2) is 9.72. The first-order valence-electron chi connectivity index (χ1n) is 9.72. The van der Waals surface area contributed by atoms with Gasteiger partial charge in [0.15, 0.2) is 0 Å². The van der Waals surface area contributed by atoms with Crippen LogP contribution < -0.4 is 5.32 Å². The molecule has 2 aromatic carbocycles. The molecular formula is C24H26N4O. The summed E-state index contributed by atoms with van der Waals surface area (Å²) in [5.74, 6) is -0.123. The Balaban J connectivity index is 1.70. The molecule has 29 heavy (non-hydrogen) atoms. The van der Waals surface area contributed by atoms with Crippen molar-refractivity contribution in [3.63, 3.8) is 0 Å². The molecule has 3 aromatic rings. The van der Waals surface area contributed by atoms with Gasteiger partial charge in [0.2, 0.25) is 5.91 Å². The van der Waals surface area contributed by atoms with Gasteiger partial charge in [0.1, 0.15) is 0 Å². The van der Waals surface area contributed by atoms with Crippen molar-refractivity contribution in [1.29, 1.82) is 5.26 Å². The Bertz CT molecular complexity index is 1030. The van der Waals surface area contributed by atoms with E-state index in [0.717, 1.165) is 16.5 Å². The van der Waals surface area contributed by atoms with Crippen molar-refractivity contribution >= 4 is 22.9 Å². The van der Waals surface area contributed by atoms with Crippen molar-refractivity contribution in [2.75, 3.05) is 20.6 Å². The third-order valence-electron chi connectivity index (χ3n) is 4.98. The van der Waals surface area contributed by atoms with Crippen molar-refractivity contribution < 1.29 is 4.79 Å². The van der Waals surface area contributed by atoms with Crippen molar-refractivity contribution in [2.45, 2.75) is 19.0 Å². The zero-order valence-electron chi connectivity index (χ0n) is 16.9. The first-order valence-corrected chi connectivity index (χ1v) is 9.72. The fourth-order valence-electron chi connectivity index (χ4n) is 3.46. The van der Waals surface area contributed by atoms with E-state index < -0.39 is 0 Å². The molecule has 0 fully saturated rings. The van der Waals surface area contributed by atoms with Gasteiger partial charge in [-0.1, -0.05) is 48.5 Å². The van der Waals surface area contributed by atoms with E-state index >= 15 is 0 Å². The van der Waals surface area contributed by atoms with Crippen LogP contribution in [0.2, 0.25) is 0 Å². The van der Waals surface area contributed by atoms with Gasteiger partial charge in [-0.15, -0.1) is 0 Å². The molecule has 1 heterocycles. The van der Waals surface area contributed by atoms with Crippen LogP contribution >= 0.6 is 0 Å². The zero-order chi connectivity index (χ0) is 20.6. The molecule has 148 valence electrons. The lowest BCUT2D eigenvalue weighted by atomic mass is 10.1. The molecule has 5 heteroatoms. The molecule has 0 aliphatic carbocycles. The van der Waals surface area contributed by atoms with Crippen molar-refractivity contribution in [2.24, 2.45) is 0 Å². The number of benzene rings is 2. The predicted octanol–water partition coefficient (Wildman–Crippen LogP) is 3.99. The molecule has 1 unspecified atom stereocenters. The van der Waals surface area contributed by atoms with Gasteiger partial charge in [-0.25, -0.2) is 0 Å². The maximum Gasteiger partial charge on any atom is 0.244 e. The number of nitriles is 1. The van der Waals surface area contributed by atoms with Gasteiger partial charge < -0.3 is 14.8 Å². The van der Waals surface area contributed by atoms with E-state index in [1.165, 1.54) is 5.56 Å². The van der Waals surface area contributed by atoms with Crippen LogP contribution in [0.3, 0.4) is 0 Å². The van der Waals surface area contributed by atoms with Gasteiger partial charge in [0.05, 0.1) is 18.5 Å². The molecule has 1 aromatic heterocycles. The highest BCUT2D eigenvalue weighted by atomic mass is 16.1. The summed E-state index contributed by atoms with van der Waals surface area (Å²) in [7, 11) is 4.02. The first-order chi connectivity index (χ1) is 14.1. The molecule has 0 aliphatic heterocycles. The zero-order valence-corrected chi connectivity index (χ0v) is 16.9. The SMILES string of the molecule is CN(C)C(CNC(=O)/C=C/c1cn(CCC#N)c2ccccc12)c1ccccc1. The number of likely N-dealkylation sites (N-methyl/N-ethyl adjacent to an activating group) is 1. The number of carbonyl (C=O) groups is 1. The van der Waals surface area contributed by atoms with E-state index in [-0.39, 0.29) is 11.9 Å². The minimum Gasteiger partial charge on any atom is -0.351 e. The number of para-hydroxylation sites is 1. The van der Waals surface area contributed by atoms with Gasteiger partial charge in [-0.2, -0.15) is 5.26 Å². The molecule has 0 radical (unpaired) electrons. The molecule has 0 bridgehead atoms. The second-order valence-electron chi connectivity index (χ2n) is 7.17. The van der Waals surface area contributed by atoms with Crippen LogP contribution in [0.4, 0.5) is 0 Å². The molecule has 0 saturated carbocycles. The number of nitrogens with zero attached hydrogens (tertiary/aromatic N) is 3. The topological polar surface area (TPSA) is 61.1 Å². The monoisotopic (exact) mass is 386 g/mol. The van der Waals surface area contributed by atoms with Crippen LogP contribution in [-0.2, 0) is 11.3 Å². The molecule has 5 nitrogen and oxygen atoms in total. The summed E-state index contributed by atoms with van der Waals surface area (Å²) in [6.07, 6.45) is 5.87. The van der Waals surface area contributed by atoms with E-state index in [9.17, 15) is 4.79 Å². The number of nitrogens with one attached hydrogen (secondary N) is 1. The van der Waals surface area contributed by atoms with Crippen LogP contribution in [0.1, 0.15) is 23.6 Å². The summed E-state index contributed by atoms with van der Waals surface area (Å²) in [6.45, 7) is 1.17. The molecule has 1 N–H and O–H groups in total. The number of rotatable bonds is 8. The third kappa shape index (κ3) is 5.13. The van der Waals surface area contributed by atoms with Crippen LogP contribution in [0.5, 0.6) is 0 Å². The first kappa shape index (κ1) is 20.4. The minimum absolute atomic E-state index is 0.112. The van der Waals surface area contributed by atoms with Gasteiger partial charge in [0.25, 0.3) is 0 Å². The number of aromatic nitrogens is 1. The lowest BCUT2D eigenvalue weighted by Crippen LogP contribution is -2.33. The van der Waals surface area contributed by atoms with E-state index in [1.807, 2.05) is 68.8 Å². The normalized spacial score (nSPS) is 12.3.